The topological polar surface area (TPSA) is 66.7 Å². The second kappa shape index (κ2) is 7.94. The van der Waals surface area contributed by atoms with Crippen LogP contribution in [0.5, 0.6) is 0 Å². The van der Waals surface area contributed by atoms with Crippen LogP contribution in [0.15, 0.2) is 40.9 Å². The highest BCUT2D eigenvalue weighted by Crippen LogP contribution is 2.31. The van der Waals surface area contributed by atoms with Gasteiger partial charge >= 0.3 is 0 Å². The van der Waals surface area contributed by atoms with E-state index >= 15 is 0 Å². The number of hydrogen-bond donors (Lipinski definition) is 0. The number of amides is 2. The summed E-state index contributed by atoms with van der Waals surface area (Å²) in [6.45, 7) is 2.63. The van der Waals surface area contributed by atoms with Crippen LogP contribution in [0.3, 0.4) is 0 Å². The molecule has 0 N–H and O–H groups in total. The quantitative estimate of drug-likeness (QED) is 0.787. The van der Waals surface area contributed by atoms with Crippen LogP contribution in [0, 0.1) is 5.92 Å². The van der Waals surface area contributed by atoms with Gasteiger partial charge in [-0.3, -0.25) is 9.59 Å². The number of oxazole rings is 1. The zero-order valence-corrected chi connectivity index (χ0v) is 15.5. The van der Waals surface area contributed by atoms with Gasteiger partial charge in [0.2, 0.25) is 11.8 Å². The molecule has 0 unspecified atom stereocenters. The van der Waals surface area contributed by atoms with Gasteiger partial charge in [-0.25, -0.2) is 4.98 Å². The summed E-state index contributed by atoms with van der Waals surface area (Å²) >= 11 is 0. The minimum absolute atomic E-state index is 0.156. The van der Waals surface area contributed by atoms with E-state index in [4.69, 9.17) is 4.42 Å². The summed E-state index contributed by atoms with van der Waals surface area (Å²) in [6, 6.07) is 9.87. The average molecular weight is 367 g/mol. The molecule has 6 heteroatoms. The Labute approximate surface area is 159 Å². The highest BCUT2D eigenvalue weighted by atomic mass is 16.4. The van der Waals surface area contributed by atoms with Crippen molar-refractivity contribution in [3.63, 3.8) is 0 Å². The predicted octanol–water partition coefficient (Wildman–Crippen LogP) is 2.75. The molecule has 1 saturated heterocycles. The molecular formula is C21H25N3O3. The number of carbonyl (C=O) groups is 2. The fourth-order valence-corrected chi connectivity index (χ4v) is 3.48. The summed E-state index contributed by atoms with van der Waals surface area (Å²) in [6.07, 6.45) is 5.66. The van der Waals surface area contributed by atoms with Crippen LogP contribution in [-0.4, -0.2) is 52.8 Å². The third kappa shape index (κ3) is 4.38. The molecule has 2 heterocycles. The third-order valence-electron chi connectivity index (χ3n) is 5.26. The van der Waals surface area contributed by atoms with E-state index in [0.717, 1.165) is 30.6 Å². The maximum atomic E-state index is 12.4. The number of aryl methyl sites for hydroxylation is 1. The molecule has 0 atom stereocenters. The fourth-order valence-electron chi connectivity index (χ4n) is 3.48. The number of hydrogen-bond acceptors (Lipinski definition) is 4. The van der Waals surface area contributed by atoms with Crippen molar-refractivity contribution >= 4 is 11.8 Å². The molecule has 6 nitrogen and oxygen atoms in total. The molecule has 2 amide bonds. The third-order valence-corrected chi connectivity index (χ3v) is 5.26. The molecule has 2 aromatic rings. The lowest BCUT2D eigenvalue weighted by Gasteiger charge is -2.35. The molecule has 1 aliphatic carbocycles. The Morgan fingerprint density at radius 1 is 1.04 bits per heavy atom. The lowest BCUT2D eigenvalue weighted by atomic mass is 10.2. The molecule has 27 heavy (non-hydrogen) atoms. The minimum Gasteiger partial charge on any atom is -0.441 e. The van der Waals surface area contributed by atoms with E-state index < -0.39 is 0 Å². The van der Waals surface area contributed by atoms with Gasteiger partial charge in [0.15, 0.2) is 11.7 Å². The van der Waals surface area contributed by atoms with Gasteiger partial charge in [0, 0.05) is 50.5 Å². The molecule has 1 saturated carbocycles. The van der Waals surface area contributed by atoms with Gasteiger partial charge in [0.1, 0.15) is 0 Å². The standard InChI is InChI=1S/C21H25N3O3/c25-20(23-11-13-24(14-12-23)21(26)17-9-10-17)8-4-7-19-22-15-18(27-19)16-5-2-1-3-6-16/h1-3,5-6,15,17H,4,7-14H2. The van der Waals surface area contributed by atoms with Crippen LogP contribution in [0.1, 0.15) is 31.6 Å². The molecule has 2 fully saturated rings. The number of benzene rings is 1. The Morgan fingerprint density at radius 2 is 1.74 bits per heavy atom. The average Bonchev–Trinajstić information content (AvgIpc) is 3.46. The normalized spacial score (nSPS) is 17.2. The zero-order chi connectivity index (χ0) is 18.6. The van der Waals surface area contributed by atoms with Crippen molar-refractivity contribution < 1.29 is 14.0 Å². The van der Waals surface area contributed by atoms with Crippen molar-refractivity contribution in [2.24, 2.45) is 5.92 Å². The van der Waals surface area contributed by atoms with E-state index in [1.54, 1.807) is 6.20 Å². The molecule has 2 aliphatic rings. The molecular weight excluding hydrogens is 342 g/mol. The smallest absolute Gasteiger partial charge is 0.225 e. The molecule has 1 aromatic heterocycles. The summed E-state index contributed by atoms with van der Waals surface area (Å²) in [5.41, 5.74) is 1.01. The second-order valence-corrected chi connectivity index (χ2v) is 7.32. The van der Waals surface area contributed by atoms with Crippen LogP contribution in [-0.2, 0) is 16.0 Å². The Balaban J connectivity index is 1.20. The number of nitrogens with zero attached hydrogens (tertiary/aromatic N) is 3. The summed E-state index contributed by atoms with van der Waals surface area (Å²) in [4.78, 5) is 32.6. The predicted molar refractivity (Wildman–Crippen MR) is 101 cm³/mol. The Kier molecular flexibility index (Phi) is 5.23. The van der Waals surface area contributed by atoms with E-state index in [0.29, 0.717) is 44.9 Å². The van der Waals surface area contributed by atoms with Gasteiger partial charge in [-0.1, -0.05) is 30.3 Å². The van der Waals surface area contributed by atoms with Gasteiger partial charge in [-0.2, -0.15) is 0 Å². The number of rotatable bonds is 6. The highest BCUT2D eigenvalue weighted by molar-refractivity contribution is 5.81. The molecule has 1 aliphatic heterocycles. The first kappa shape index (κ1) is 17.8. The van der Waals surface area contributed by atoms with Crippen molar-refractivity contribution in [1.82, 2.24) is 14.8 Å². The molecule has 0 bridgehead atoms. The monoisotopic (exact) mass is 367 g/mol. The molecule has 4 rings (SSSR count). The lowest BCUT2D eigenvalue weighted by Crippen LogP contribution is -2.51. The van der Waals surface area contributed by atoms with Crippen molar-refractivity contribution in [1.29, 1.82) is 0 Å². The van der Waals surface area contributed by atoms with Crippen LogP contribution < -0.4 is 0 Å². The summed E-state index contributed by atoms with van der Waals surface area (Å²) in [7, 11) is 0. The summed E-state index contributed by atoms with van der Waals surface area (Å²) < 4.78 is 5.79. The Morgan fingerprint density at radius 3 is 2.44 bits per heavy atom. The number of carbonyl (C=O) groups excluding carboxylic acids is 2. The minimum atomic E-state index is 0.156. The SMILES string of the molecule is O=C(CCCc1ncc(-c2ccccc2)o1)N1CCN(C(=O)C2CC2)CC1. The maximum Gasteiger partial charge on any atom is 0.225 e. The molecule has 142 valence electrons. The van der Waals surface area contributed by atoms with E-state index in [1.165, 1.54) is 0 Å². The summed E-state index contributed by atoms with van der Waals surface area (Å²) in [5, 5.41) is 0. The van der Waals surface area contributed by atoms with E-state index in [9.17, 15) is 9.59 Å². The van der Waals surface area contributed by atoms with Crippen LogP contribution in [0.25, 0.3) is 11.3 Å². The van der Waals surface area contributed by atoms with Crippen molar-refractivity contribution in [3.8, 4) is 11.3 Å². The summed E-state index contributed by atoms with van der Waals surface area (Å²) in [5.74, 6) is 2.12. The number of piperazine rings is 1. The fraction of sp³-hybridized carbons (Fsp3) is 0.476. The first-order valence-corrected chi connectivity index (χ1v) is 9.77. The first-order chi connectivity index (χ1) is 13.2. The van der Waals surface area contributed by atoms with Crippen LogP contribution in [0.4, 0.5) is 0 Å². The van der Waals surface area contributed by atoms with Gasteiger partial charge in [0.05, 0.1) is 6.20 Å². The first-order valence-electron chi connectivity index (χ1n) is 9.77. The lowest BCUT2D eigenvalue weighted by molar-refractivity contribution is -0.140. The second-order valence-electron chi connectivity index (χ2n) is 7.32. The van der Waals surface area contributed by atoms with E-state index in [-0.39, 0.29) is 17.7 Å². The van der Waals surface area contributed by atoms with E-state index in [2.05, 4.69) is 4.98 Å². The number of aromatic nitrogens is 1. The Bertz CT molecular complexity index is 790. The largest absolute Gasteiger partial charge is 0.441 e. The van der Waals surface area contributed by atoms with Gasteiger partial charge in [-0.05, 0) is 19.3 Å². The Hall–Kier alpha value is -2.63. The molecule has 0 radical (unpaired) electrons. The van der Waals surface area contributed by atoms with E-state index in [1.807, 2.05) is 40.1 Å². The van der Waals surface area contributed by atoms with Crippen LogP contribution in [0.2, 0.25) is 0 Å². The van der Waals surface area contributed by atoms with Crippen molar-refractivity contribution in [2.45, 2.75) is 32.1 Å². The molecule has 1 aromatic carbocycles. The van der Waals surface area contributed by atoms with Gasteiger partial charge in [0.25, 0.3) is 0 Å². The molecule has 0 spiro atoms. The van der Waals surface area contributed by atoms with Crippen molar-refractivity contribution in [3.05, 3.63) is 42.4 Å². The zero-order valence-electron chi connectivity index (χ0n) is 15.5. The highest BCUT2D eigenvalue weighted by Gasteiger charge is 2.35. The van der Waals surface area contributed by atoms with Gasteiger partial charge < -0.3 is 14.2 Å². The maximum absolute atomic E-state index is 12.4. The van der Waals surface area contributed by atoms with Gasteiger partial charge in [-0.15, -0.1) is 0 Å². The van der Waals surface area contributed by atoms with Crippen LogP contribution >= 0.6 is 0 Å². The van der Waals surface area contributed by atoms with Crippen molar-refractivity contribution in [2.75, 3.05) is 26.2 Å².